The summed E-state index contributed by atoms with van der Waals surface area (Å²) in [4.78, 5) is 15.5. The minimum absolute atomic E-state index is 0.571. The average Bonchev–Trinajstić information content (AvgIpc) is 3.73. The normalized spacial score (nSPS) is 11.3. The molecule has 0 atom stereocenters. The molecule has 0 N–H and O–H groups in total. The third-order valence-electron chi connectivity index (χ3n) is 11.4. The lowest BCUT2D eigenvalue weighted by atomic mass is 9.96. The second-order valence-corrected chi connectivity index (χ2v) is 15.2. The van der Waals surface area contributed by atoms with Crippen LogP contribution in [0.15, 0.2) is 229 Å². The van der Waals surface area contributed by atoms with Crippen LogP contribution in [0.25, 0.3) is 112 Å². The summed E-state index contributed by atoms with van der Waals surface area (Å²) in [5.74, 6) is 1.77. The molecule has 11 rings (SSSR count). The Balaban J connectivity index is 1.00. The number of nitrogens with zero attached hydrogens (tertiary/aromatic N) is 3. The van der Waals surface area contributed by atoms with Gasteiger partial charge in [0.15, 0.2) is 17.5 Å². The van der Waals surface area contributed by atoms with Gasteiger partial charge in [-0.25, -0.2) is 15.0 Å². The van der Waals surface area contributed by atoms with Gasteiger partial charge in [-0.05, 0) is 86.0 Å². The maximum atomic E-state index is 6.59. The standard InChI is InChI=1S/C57H37N3O/c1-4-13-38(14-5-1)41-25-27-43(28-26-41)46-20-11-22-48(36-46)56-58-55(47-21-10-19-45(35-47)40-17-8-3-9-18-40)59-57(60-56)49-33-34-51-53(37-49)61-52-24-12-23-50(54(51)52)44-31-29-42(30-32-44)39-15-6-2-7-16-39/h1-37H. The molecular weight excluding hydrogens is 743 g/mol. The number of rotatable bonds is 8. The van der Waals surface area contributed by atoms with E-state index in [0.29, 0.717) is 17.5 Å². The maximum Gasteiger partial charge on any atom is 0.164 e. The van der Waals surface area contributed by atoms with Crippen molar-refractivity contribution in [2.24, 2.45) is 0 Å². The largest absolute Gasteiger partial charge is 0.456 e. The van der Waals surface area contributed by atoms with E-state index >= 15 is 0 Å². The van der Waals surface area contributed by atoms with Gasteiger partial charge in [-0.15, -0.1) is 0 Å². The summed E-state index contributed by atoms with van der Waals surface area (Å²) < 4.78 is 6.59. The van der Waals surface area contributed by atoms with Gasteiger partial charge in [0.1, 0.15) is 11.2 Å². The summed E-state index contributed by atoms with van der Waals surface area (Å²) in [5, 5.41) is 2.12. The predicted octanol–water partition coefficient (Wildman–Crippen LogP) is 15.1. The van der Waals surface area contributed by atoms with Crippen molar-refractivity contribution >= 4 is 21.9 Å². The zero-order valence-electron chi connectivity index (χ0n) is 33.1. The van der Waals surface area contributed by atoms with E-state index in [2.05, 4.69) is 200 Å². The van der Waals surface area contributed by atoms with Crippen LogP contribution in [-0.2, 0) is 0 Å². The van der Waals surface area contributed by atoms with Gasteiger partial charge in [0.25, 0.3) is 0 Å². The van der Waals surface area contributed by atoms with Crippen molar-refractivity contribution < 1.29 is 4.42 Å². The van der Waals surface area contributed by atoms with Crippen LogP contribution < -0.4 is 0 Å². The molecule has 0 saturated carbocycles. The zero-order valence-corrected chi connectivity index (χ0v) is 33.1. The van der Waals surface area contributed by atoms with Crippen molar-refractivity contribution in [1.82, 2.24) is 15.0 Å². The number of hydrogen-bond donors (Lipinski definition) is 0. The lowest BCUT2D eigenvalue weighted by Crippen LogP contribution is -2.00. The van der Waals surface area contributed by atoms with Gasteiger partial charge < -0.3 is 4.42 Å². The van der Waals surface area contributed by atoms with Crippen molar-refractivity contribution in [2.45, 2.75) is 0 Å². The zero-order chi connectivity index (χ0) is 40.5. The molecule has 4 heteroatoms. The van der Waals surface area contributed by atoms with Gasteiger partial charge in [-0.3, -0.25) is 0 Å². The van der Waals surface area contributed by atoms with Gasteiger partial charge in [0, 0.05) is 27.5 Å². The SMILES string of the molecule is c1ccc(-c2ccc(-c3cccc(-c4nc(-c5cccc(-c6ccccc6)c5)nc(-c5ccc6c(c5)oc5cccc(-c7ccc(-c8ccccc8)cc7)c56)n4)c3)cc2)cc1. The molecule has 61 heavy (non-hydrogen) atoms. The molecule has 0 aliphatic rings. The summed E-state index contributed by atoms with van der Waals surface area (Å²) in [5.41, 5.74) is 15.7. The third-order valence-corrected chi connectivity index (χ3v) is 11.4. The first kappa shape index (κ1) is 35.9. The highest BCUT2D eigenvalue weighted by atomic mass is 16.3. The second-order valence-electron chi connectivity index (χ2n) is 15.2. The van der Waals surface area contributed by atoms with E-state index in [9.17, 15) is 0 Å². The molecule has 0 saturated heterocycles. The van der Waals surface area contributed by atoms with Gasteiger partial charge in [0.05, 0.1) is 0 Å². The molecule has 0 aliphatic heterocycles. The summed E-state index contributed by atoms with van der Waals surface area (Å²) >= 11 is 0. The molecule has 286 valence electrons. The summed E-state index contributed by atoms with van der Waals surface area (Å²) in [7, 11) is 0. The van der Waals surface area contributed by atoms with Gasteiger partial charge >= 0.3 is 0 Å². The average molecular weight is 780 g/mol. The van der Waals surface area contributed by atoms with E-state index in [1.807, 2.05) is 24.3 Å². The van der Waals surface area contributed by atoms with Crippen molar-refractivity contribution in [3.63, 3.8) is 0 Å². The number of hydrogen-bond acceptors (Lipinski definition) is 4. The molecule has 11 aromatic rings. The Morgan fingerprint density at radius 3 is 1.11 bits per heavy atom. The first-order valence-electron chi connectivity index (χ1n) is 20.5. The van der Waals surface area contributed by atoms with Crippen LogP contribution in [0.3, 0.4) is 0 Å². The molecule has 2 heterocycles. The fraction of sp³-hybridized carbons (Fsp3) is 0. The van der Waals surface area contributed by atoms with Crippen LogP contribution in [0.1, 0.15) is 0 Å². The van der Waals surface area contributed by atoms with Crippen molar-refractivity contribution in [3.05, 3.63) is 224 Å². The lowest BCUT2D eigenvalue weighted by molar-refractivity contribution is 0.669. The highest BCUT2D eigenvalue weighted by Crippen LogP contribution is 2.39. The van der Waals surface area contributed by atoms with E-state index in [4.69, 9.17) is 19.4 Å². The topological polar surface area (TPSA) is 51.8 Å². The Labute approximate surface area is 354 Å². The molecule has 2 aromatic heterocycles. The first-order valence-corrected chi connectivity index (χ1v) is 20.5. The molecule has 9 aromatic carbocycles. The monoisotopic (exact) mass is 779 g/mol. The Bertz CT molecular complexity index is 3320. The van der Waals surface area contributed by atoms with E-state index in [1.165, 1.54) is 22.3 Å². The van der Waals surface area contributed by atoms with Crippen molar-refractivity contribution in [3.8, 4) is 89.8 Å². The fourth-order valence-electron chi connectivity index (χ4n) is 8.23. The van der Waals surface area contributed by atoms with Crippen molar-refractivity contribution in [1.29, 1.82) is 0 Å². The minimum atomic E-state index is 0.571. The Kier molecular flexibility index (Phi) is 9.14. The van der Waals surface area contributed by atoms with Crippen LogP contribution >= 0.6 is 0 Å². The van der Waals surface area contributed by atoms with E-state index in [-0.39, 0.29) is 0 Å². The summed E-state index contributed by atoms with van der Waals surface area (Å²) in [6, 6.07) is 78.2. The first-order chi connectivity index (χ1) is 30.2. The summed E-state index contributed by atoms with van der Waals surface area (Å²) in [6.07, 6.45) is 0. The molecular formula is C57H37N3O. The van der Waals surface area contributed by atoms with Crippen LogP contribution in [-0.4, -0.2) is 15.0 Å². The number of aromatic nitrogens is 3. The molecule has 0 aliphatic carbocycles. The molecule has 0 fully saturated rings. The van der Waals surface area contributed by atoms with Crippen LogP contribution in [0, 0.1) is 0 Å². The maximum absolute atomic E-state index is 6.59. The van der Waals surface area contributed by atoms with Gasteiger partial charge in [-0.1, -0.05) is 194 Å². The fourth-order valence-corrected chi connectivity index (χ4v) is 8.23. The quantitative estimate of drug-likeness (QED) is 0.154. The van der Waals surface area contributed by atoms with E-state index < -0.39 is 0 Å². The molecule has 0 spiro atoms. The predicted molar refractivity (Wildman–Crippen MR) is 251 cm³/mol. The highest BCUT2D eigenvalue weighted by molar-refractivity contribution is 6.13. The highest BCUT2D eigenvalue weighted by Gasteiger charge is 2.18. The summed E-state index contributed by atoms with van der Waals surface area (Å²) in [6.45, 7) is 0. The molecule has 4 nitrogen and oxygen atoms in total. The second kappa shape index (κ2) is 15.5. The van der Waals surface area contributed by atoms with Crippen LogP contribution in [0.2, 0.25) is 0 Å². The van der Waals surface area contributed by atoms with Crippen LogP contribution in [0.5, 0.6) is 0 Å². The van der Waals surface area contributed by atoms with Crippen molar-refractivity contribution in [2.75, 3.05) is 0 Å². The molecule has 0 amide bonds. The van der Waals surface area contributed by atoms with E-state index in [0.717, 1.165) is 72.0 Å². The van der Waals surface area contributed by atoms with Crippen LogP contribution in [0.4, 0.5) is 0 Å². The Morgan fingerprint density at radius 2 is 0.607 bits per heavy atom. The molecule has 0 radical (unpaired) electrons. The number of furan rings is 1. The Hall–Kier alpha value is -8.21. The third kappa shape index (κ3) is 7.07. The molecule has 0 unspecified atom stereocenters. The smallest absolute Gasteiger partial charge is 0.164 e. The van der Waals surface area contributed by atoms with Gasteiger partial charge in [-0.2, -0.15) is 0 Å². The molecule has 0 bridgehead atoms. The van der Waals surface area contributed by atoms with Gasteiger partial charge in [0.2, 0.25) is 0 Å². The van der Waals surface area contributed by atoms with E-state index in [1.54, 1.807) is 0 Å². The Morgan fingerprint density at radius 1 is 0.246 bits per heavy atom. The number of fused-ring (bicyclic) bond motifs is 3. The minimum Gasteiger partial charge on any atom is -0.456 e. The lowest BCUT2D eigenvalue weighted by Gasteiger charge is -2.11. The number of benzene rings is 9.